The number of aliphatic hydroxyl groups excluding tert-OH is 1. The third kappa shape index (κ3) is 4.56. The number of hydrogen-bond donors (Lipinski definition) is 2. The summed E-state index contributed by atoms with van der Waals surface area (Å²) in [6.07, 6.45) is 3.99. The highest BCUT2D eigenvalue weighted by Gasteiger charge is 2.32. The van der Waals surface area contributed by atoms with Gasteiger partial charge in [0.1, 0.15) is 23.4 Å². The zero-order valence-electron chi connectivity index (χ0n) is 18.3. The van der Waals surface area contributed by atoms with Gasteiger partial charge in [-0.15, -0.1) is 0 Å². The van der Waals surface area contributed by atoms with Crippen LogP contribution in [-0.4, -0.2) is 32.8 Å². The topological polar surface area (TPSA) is 101 Å². The van der Waals surface area contributed by atoms with Gasteiger partial charge < -0.3 is 15.1 Å². The van der Waals surface area contributed by atoms with Crippen LogP contribution in [0.4, 0.5) is 0 Å². The summed E-state index contributed by atoms with van der Waals surface area (Å²) < 4.78 is 4.73. The monoisotopic (exact) mass is 423 g/mol. The fourth-order valence-corrected chi connectivity index (χ4v) is 4.32. The number of rotatable bonds is 6. The molecule has 4 rings (SSSR count). The van der Waals surface area contributed by atoms with Gasteiger partial charge in [-0.25, -0.2) is 4.63 Å². The summed E-state index contributed by atoms with van der Waals surface area (Å²) in [4.78, 5) is 5.62. The van der Waals surface area contributed by atoms with Gasteiger partial charge in [-0.1, -0.05) is 24.2 Å². The van der Waals surface area contributed by atoms with Crippen molar-refractivity contribution in [3.63, 3.8) is 0 Å². The highest BCUT2D eigenvalue weighted by Crippen LogP contribution is 2.44. The maximum absolute atomic E-state index is 10.3. The van der Waals surface area contributed by atoms with E-state index in [-0.39, 0.29) is 17.8 Å². The maximum atomic E-state index is 10.3. The van der Waals surface area contributed by atoms with Crippen molar-refractivity contribution in [1.82, 2.24) is 10.3 Å². The minimum atomic E-state index is 0.00926. The number of fused-ring (bicyclic) bond motifs is 1. The lowest BCUT2D eigenvalue weighted by Gasteiger charge is -2.36. The van der Waals surface area contributed by atoms with Crippen LogP contribution in [0.1, 0.15) is 67.7 Å². The van der Waals surface area contributed by atoms with Crippen LogP contribution in [0.2, 0.25) is 0 Å². The van der Waals surface area contributed by atoms with Crippen LogP contribution < -0.4 is 0 Å². The number of phenols is 1. The Balaban J connectivity index is 1.52. The molecule has 7 nitrogen and oxygen atoms in total. The van der Waals surface area contributed by atoms with Gasteiger partial charge in [-0.3, -0.25) is 0 Å². The third-order valence-electron chi connectivity index (χ3n) is 6.52. The molecule has 1 aromatic heterocycles. The Hall–Kier alpha value is -2.93. The van der Waals surface area contributed by atoms with Crippen molar-refractivity contribution in [3.05, 3.63) is 52.6 Å². The lowest BCUT2D eigenvalue weighted by molar-refractivity contribution is 0.0934. The molecule has 0 radical (unpaired) electrons. The molecule has 0 aliphatic heterocycles. The molecule has 2 N–H and O–H groups in total. The van der Waals surface area contributed by atoms with Gasteiger partial charge in [0, 0.05) is 12.2 Å². The quantitative estimate of drug-likeness (QED) is 0.435. The fraction of sp³-hybridized carbons (Fsp3) is 0.458. The molecule has 0 unspecified atom stereocenters. The SMILES string of the molecule is CC(=NOCc1ccc2nonc2c1)c1cc(O)c(C)cc1C1CCC(C)(CO)CC1. The van der Waals surface area contributed by atoms with E-state index >= 15 is 0 Å². The molecule has 0 amide bonds. The molecule has 1 saturated carbocycles. The maximum Gasteiger partial charge on any atom is 0.142 e. The van der Waals surface area contributed by atoms with Gasteiger partial charge >= 0.3 is 0 Å². The first kappa shape index (κ1) is 21.3. The summed E-state index contributed by atoms with van der Waals surface area (Å²) >= 11 is 0. The molecule has 1 aliphatic rings. The summed E-state index contributed by atoms with van der Waals surface area (Å²) in [6.45, 7) is 6.50. The van der Waals surface area contributed by atoms with Crippen molar-refractivity contribution in [2.75, 3.05) is 6.61 Å². The number of phenolic OH excluding ortho intramolecular Hbond substituents is 1. The van der Waals surface area contributed by atoms with Crippen LogP contribution in [0.15, 0.2) is 40.1 Å². The molecule has 0 spiro atoms. The number of aliphatic hydroxyl groups is 1. The van der Waals surface area contributed by atoms with E-state index in [2.05, 4.69) is 28.5 Å². The normalized spacial score (nSPS) is 22.1. The first-order valence-electron chi connectivity index (χ1n) is 10.7. The molecule has 0 saturated heterocycles. The van der Waals surface area contributed by atoms with Crippen LogP contribution in [0, 0.1) is 12.3 Å². The van der Waals surface area contributed by atoms with E-state index in [4.69, 9.17) is 9.47 Å². The summed E-state index contributed by atoms with van der Waals surface area (Å²) in [5.41, 5.74) is 6.00. The minimum absolute atomic E-state index is 0.00926. The van der Waals surface area contributed by atoms with E-state index in [1.807, 2.05) is 32.0 Å². The van der Waals surface area contributed by atoms with Gasteiger partial charge in [0.25, 0.3) is 0 Å². The van der Waals surface area contributed by atoms with Crippen LogP contribution in [0.25, 0.3) is 11.0 Å². The summed E-state index contributed by atoms with van der Waals surface area (Å²) in [5, 5.41) is 32.0. The molecular weight excluding hydrogens is 394 g/mol. The zero-order valence-corrected chi connectivity index (χ0v) is 18.3. The molecule has 7 heteroatoms. The molecule has 2 aromatic carbocycles. The highest BCUT2D eigenvalue weighted by molar-refractivity contribution is 6.00. The Labute approximate surface area is 181 Å². The summed E-state index contributed by atoms with van der Waals surface area (Å²) in [7, 11) is 0. The molecule has 1 heterocycles. The first-order chi connectivity index (χ1) is 14.9. The van der Waals surface area contributed by atoms with Gasteiger partial charge in [-0.2, -0.15) is 0 Å². The lowest BCUT2D eigenvalue weighted by atomic mass is 9.69. The average molecular weight is 424 g/mol. The molecule has 164 valence electrons. The van der Waals surface area contributed by atoms with Crippen LogP contribution in [0.5, 0.6) is 5.75 Å². The van der Waals surface area contributed by atoms with Gasteiger partial charge in [0.15, 0.2) is 0 Å². The van der Waals surface area contributed by atoms with E-state index in [9.17, 15) is 10.2 Å². The number of hydrogen-bond acceptors (Lipinski definition) is 7. The Morgan fingerprint density at radius 1 is 1.19 bits per heavy atom. The van der Waals surface area contributed by atoms with Crippen molar-refractivity contribution >= 4 is 16.7 Å². The van der Waals surface area contributed by atoms with Gasteiger partial charge in [-0.05, 0) is 96.1 Å². The van der Waals surface area contributed by atoms with Crippen LogP contribution >= 0.6 is 0 Å². The Morgan fingerprint density at radius 3 is 2.68 bits per heavy atom. The number of benzene rings is 2. The lowest BCUT2D eigenvalue weighted by Crippen LogP contribution is -2.27. The standard InChI is InChI=1S/C24H29N3O4/c1-15-10-20(18-6-8-24(3,14-28)9-7-18)19(12-23(15)29)16(2)25-30-13-17-4-5-21-22(11-17)27-31-26-21/h4-5,10-12,18,28-29H,6-9,13-14H2,1-3H3. The molecule has 0 atom stereocenters. The van der Waals surface area contributed by atoms with Crippen LogP contribution in [-0.2, 0) is 11.4 Å². The number of aromatic hydroxyl groups is 1. The zero-order chi connectivity index (χ0) is 22.0. The predicted octanol–water partition coefficient (Wildman–Crippen LogP) is 4.83. The van der Waals surface area contributed by atoms with Crippen molar-refractivity contribution < 1.29 is 19.7 Å². The predicted molar refractivity (Wildman–Crippen MR) is 118 cm³/mol. The molecule has 0 bridgehead atoms. The number of oxime groups is 1. The Morgan fingerprint density at radius 2 is 1.94 bits per heavy atom. The van der Waals surface area contributed by atoms with E-state index in [1.165, 1.54) is 5.56 Å². The average Bonchev–Trinajstić information content (AvgIpc) is 3.24. The van der Waals surface area contributed by atoms with Crippen molar-refractivity contribution in [1.29, 1.82) is 0 Å². The van der Waals surface area contributed by atoms with Crippen molar-refractivity contribution in [2.24, 2.45) is 10.6 Å². The molecule has 31 heavy (non-hydrogen) atoms. The number of aryl methyl sites for hydroxylation is 1. The second-order valence-electron chi connectivity index (χ2n) is 9.01. The van der Waals surface area contributed by atoms with E-state index < -0.39 is 0 Å². The Bertz CT molecular complexity index is 1100. The van der Waals surface area contributed by atoms with E-state index in [0.717, 1.165) is 48.1 Å². The molecule has 1 aliphatic carbocycles. The summed E-state index contributed by atoms with van der Waals surface area (Å²) in [6, 6.07) is 9.46. The van der Waals surface area contributed by atoms with E-state index in [1.54, 1.807) is 6.07 Å². The highest BCUT2D eigenvalue weighted by atomic mass is 16.6. The van der Waals surface area contributed by atoms with Crippen LogP contribution in [0.3, 0.4) is 0 Å². The summed E-state index contributed by atoms with van der Waals surface area (Å²) in [5.74, 6) is 0.634. The number of nitrogens with zero attached hydrogens (tertiary/aromatic N) is 3. The van der Waals surface area contributed by atoms with Crippen molar-refractivity contribution in [3.8, 4) is 5.75 Å². The largest absolute Gasteiger partial charge is 0.508 e. The minimum Gasteiger partial charge on any atom is -0.508 e. The van der Waals surface area contributed by atoms with Crippen molar-refractivity contribution in [2.45, 2.75) is 59.0 Å². The van der Waals surface area contributed by atoms with Gasteiger partial charge in [0.05, 0.1) is 5.71 Å². The van der Waals surface area contributed by atoms with E-state index in [0.29, 0.717) is 23.6 Å². The molecule has 1 fully saturated rings. The second kappa shape index (κ2) is 8.67. The second-order valence-corrected chi connectivity index (χ2v) is 9.01. The van der Waals surface area contributed by atoms with Gasteiger partial charge in [0.2, 0.25) is 0 Å². The molecule has 3 aromatic rings. The number of aromatic nitrogens is 2. The first-order valence-corrected chi connectivity index (χ1v) is 10.7. The molecular formula is C24H29N3O4. The third-order valence-corrected chi connectivity index (χ3v) is 6.52. The smallest absolute Gasteiger partial charge is 0.142 e. The Kier molecular flexibility index (Phi) is 5.96. The fourth-order valence-electron chi connectivity index (χ4n) is 4.32.